The van der Waals surface area contributed by atoms with Crippen molar-refractivity contribution in [2.24, 2.45) is 11.3 Å². The lowest BCUT2D eigenvalue weighted by Crippen LogP contribution is -2.49. The average Bonchev–Trinajstić information content (AvgIpc) is 3.03. The molecular formula is C14H26ClN3O3S. The Hall–Kier alpha value is -0.370. The smallest absolute Gasteiger partial charge is 0.227 e. The van der Waals surface area contributed by atoms with E-state index >= 15 is 0 Å². The first kappa shape index (κ1) is 18.0. The van der Waals surface area contributed by atoms with E-state index in [-0.39, 0.29) is 29.5 Å². The number of nitrogens with one attached hydrogen (secondary N) is 2. The van der Waals surface area contributed by atoms with E-state index in [0.717, 1.165) is 32.4 Å². The third-order valence-corrected chi connectivity index (χ3v) is 7.30. The first-order valence-electron chi connectivity index (χ1n) is 8.01. The summed E-state index contributed by atoms with van der Waals surface area (Å²) >= 11 is 0. The third kappa shape index (κ3) is 3.27. The monoisotopic (exact) mass is 351 g/mol. The molecule has 1 aliphatic carbocycles. The van der Waals surface area contributed by atoms with Gasteiger partial charge in [0.25, 0.3) is 0 Å². The number of hydrogen-bond acceptors (Lipinski definition) is 4. The zero-order chi connectivity index (χ0) is 14.9. The fourth-order valence-corrected chi connectivity index (χ4v) is 5.63. The molecule has 2 aliphatic heterocycles. The van der Waals surface area contributed by atoms with Crippen molar-refractivity contribution in [3.8, 4) is 0 Å². The minimum atomic E-state index is -3.06. The van der Waals surface area contributed by atoms with Gasteiger partial charge in [-0.1, -0.05) is 12.8 Å². The van der Waals surface area contributed by atoms with Gasteiger partial charge in [-0.3, -0.25) is 4.79 Å². The van der Waals surface area contributed by atoms with Crippen LogP contribution in [-0.4, -0.2) is 57.1 Å². The number of carbonyl (C=O) groups is 1. The van der Waals surface area contributed by atoms with Gasteiger partial charge >= 0.3 is 0 Å². The highest BCUT2D eigenvalue weighted by Crippen LogP contribution is 2.43. The van der Waals surface area contributed by atoms with E-state index in [2.05, 4.69) is 10.6 Å². The Morgan fingerprint density at radius 2 is 2.14 bits per heavy atom. The average molecular weight is 352 g/mol. The quantitative estimate of drug-likeness (QED) is 0.765. The van der Waals surface area contributed by atoms with E-state index < -0.39 is 10.0 Å². The van der Waals surface area contributed by atoms with Crippen LogP contribution in [-0.2, 0) is 14.8 Å². The molecule has 2 saturated heterocycles. The Bertz CT molecular complexity index is 513. The first-order chi connectivity index (χ1) is 10.0. The molecule has 3 fully saturated rings. The maximum Gasteiger partial charge on any atom is 0.227 e. The van der Waals surface area contributed by atoms with Crippen molar-refractivity contribution >= 4 is 28.3 Å². The van der Waals surface area contributed by atoms with Crippen LogP contribution in [0.15, 0.2) is 0 Å². The van der Waals surface area contributed by atoms with Gasteiger partial charge in [-0.25, -0.2) is 12.7 Å². The van der Waals surface area contributed by atoms with Crippen molar-refractivity contribution in [2.75, 3.05) is 38.5 Å². The highest BCUT2D eigenvalue weighted by Gasteiger charge is 2.49. The Morgan fingerprint density at radius 1 is 1.32 bits per heavy atom. The number of carbonyl (C=O) groups excluding carboxylic acids is 1. The van der Waals surface area contributed by atoms with Gasteiger partial charge in [0.2, 0.25) is 15.9 Å². The maximum atomic E-state index is 12.6. The van der Waals surface area contributed by atoms with Crippen LogP contribution in [0.5, 0.6) is 0 Å². The number of halogens is 1. The molecular weight excluding hydrogens is 326 g/mol. The fraction of sp³-hybridized carbons (Fsp3) is 0.929. The topological polar surface area (TPSA) is 78.5 Å². The molecule has 8 heteroatoms. The van der Waals surface area contributed by atoms with Gasteiger partial charge in [0.1, 0.15) is 0 Å². The van der Waals surface area contributed by atoms with Gasteiger partial charge in [0, 0.05) is 26.2 Å². The van der Waals surface area contributed by atoms with Crippen LogP contribution in [0.25, 0.3) is 0 Å². The normalized spacial score (nSPS) is 33.9. The van der Waals surface area contributed by atoms with Gasteiger partial charge < -0.3 is 10.6 Å². The zero-order valence-corrected chi connectivity index (χ0v) is 14.5. The minimum Gasteiger partial charge on any atom is -0.354 e. The highest BCUT2D eigenvalue weighted by molar-refractivity contribution is 7.89. The summed E-state index contributed by atoms with van der Waals surface area (Å²) in [6, 6.07) is 0. The van der Waals surface area contributed by atoms with E-state index in [9.17, 15) is 13.2 Å². The molecule has 128 valence electrons. The summed E-state index contributed by atoms with van der Waals surface area (Å²) in [6.45, 7) is 3.13. The lowest BCUT2D eigenvalue weighted by molar-refractivity contribution is -0.134. The molecule has 22 heavy (non-hydrogen) atoms. The molecule has 0 unspecified atom stereocenters. The molecule has 3 aliphatic rings. The summed E-state index contributed by atoms with van der Waals surface area (Å²) < 4.78 is 24.9. The summed E-state index contributed by atoms with van der Waals surface area (Å²) in [5.74, 6) is 0.812. The molecule has 1 saturated carbocycles. The molecule has 0 aromatic rings. The Labute approximate surface area is 138 Å². The van der Waals surface area contributed by atoms with Gasteiger partial charge in [-0.05, 0) is 31.7 Å². The molecule has 0 aromatic carbocycles. The van der Waals surface area contributed by atoms with Crippen molar-refractivity contribution in [3.63, 3.8) is 0 Å². The van der Waals surface area contributed by atoms with Crippen molar-refractivity contribution in [1.29, 1.82) is 0 Å². The van der Waals surface area contributed by atoms with Crippen LogP contribution in [0.1, 0.15) is 32.1 Å². The second kappa shape index (κ2) is 7.03. The fourth-order valence-electron chi connectivity index (χ4n) is 4.10. The SMILES string of the molecule is Cl.O=C(NCCN1CCCS1(=O)=O)[C@@]12CCCC[C@H]1CNC2. The summed E-state index contributed by atoms with van der Waals surface area (Å²) in [5.41, 5.74) is -0.248. The summed E-state index contributed by atoms with van der Waals surface area (Å²) in [6.07, 6.45) is 5.12. The van der Waals surface area contributed by atoms with Crippen molar-refractivity contribution in [3.05, 3.63) is 0 Å². The predicted octanol–water partition coefficient (Wildman–Crippen LogP) is 0.340. The van der Waals surface area contributed by atoms with E-state index in [4.69, 9.17) is 0 Å². The minimum absolute atomic E-state index is 0. The molecule has 2 atom stereocenters. The molecule has 6 nitrogen and oxygen atoms in total. The second-order valence-corrected chi connectivity index (χ2v) is 8.64. The molecule has 1 amide bonds. The van der Waals surface area contributed by atoms with Crippen molar-refractivity contribution < 1.29 is 13.2 Å². The van der Waals surface area contributed by atoms with Crippen LogP contribution in [0.4, 0.5) is 0 Å². The Morgan fingerprint density at radius 3 is 2.86 bits per heavy atom. The van der Waals surface area contributed by atoms with Gasteiger partial charge in [0.05, 0.1) is 11.2 Å². The third-order valence-electron chi connectivity index (χ3n) is 5.34. The number of hydrogen-bond donors (Lipinski definition) is 2. The Kier molecular flexibility index (Phi) is 5.74. The first-order valence-corrected chi connectivity index (χ1v) is 9.62. The van der Waals surface area contributed by atoms with Crippen LogP contribution in [0, 0.1) is 11.3 Å². The van der Waals surface area contributed by atoms with Gasteiger partial charge in [-0.15, -0.1) is 12.4 Å². The second-order valence-electron chi connectivity index (χ2n) is 6.55. The van der Waals surface area contributed by atoms with E-state index in [0.29, 0.717) is 32.0 Å². The van der Waals surface area contributed by atoms with E-state index in [1.165, 1.54) is 10.7 Å². The predicted molar refractivity (Wildman–Crippen MR) is 87.5 cm³/mol. The van der Waals surface area contributed by atoms with Crippen molar-refractivity contribution in [1.82, 2.24) is 14.9 Å². The van der Waals surface area contributed by atoms with Crippen LogP contribution in [0.3, 0.4) is 0 Å². The molecule has 0 radical (unpaired) electrons. The lowest BCUT2D eigenvalue weighted by Gasteiger charge is -2.37. The zero-order valence-electron chi connectivity index (χ0n) is 12.8. The Balaban J connectivity index is 0.00000176. The number of nitrogens with zero attached hydrogens (tertiary/aromatic N) is 1. The number of sulfonamides is 1. The van der Waals surface area contributed by atoms with E-state index in [1.807, 2.05) is 0 Å². The van der Waals surface area contributed by atoms with Crippen LogP contribution < -0.4 is 10.6 Å². The van der Waals surface area contributed by atoms with Crippen LogP contribution >= 0.6 is 12.4 Å². The van der Waals surface area contributed by atoms with Gasteiger partial charge in [-0.2, -0.15) is 0 Å². The van der Waals surface area contributed by atoms with Crippen molar-refractivity contribution in [2.45, 2.75) is 32.1 Å². The lowest BCUT2D eigenvalue weighted by atomic mass is 9.67. The molecule has 2 N–H and O–H groups in total. The van der Waals surface area contributed by atoms with Gasteiger partial charge in [0.15, 0.2) is 0 Å². The number of rotatable bonds is 4. The molecule has 0 aromatic heterocycles. The molecule has 3 rings (SSSR count). The standard InChI is InChI=1S/C14H25N3O3S.ClH/c18-13(14-5-2-1-4-12(14)10-15-11-14)16-6-8-17-7-3-9-21(17,19)20;/h12,15H,1-11H2,(H,16,18);1H/t12-,14+;/m0./s1. The maximum absolute atomic E-state index is 12.6. The largest absolute Gasteiger partial charge is 0.354 e. The summed E-state index contributed by atoms with van der Waals surface area (Å²) in [7, 11) is -3.06. The summed E-state index contributed by atoms with van der Waals surface area (Å²) in [4.78, 5) is 12.6. The summed E-state index contributed by atoms with van der Waals surface area (Å²) in [5, 5.41) is 6.36. The highest BCUT2D eigenvalue weighted by atomic mass is 35.5. The molecule has 0 spiro atoms. The number of fused-ring (bicyclic) bond motifs is 1. The molecule has 2 heterocycles. The number of amides is 1. The van der Waals surface area contributed by atoms with E-state index in [1.54, 1.807) is 0 Å². The molecule has 0 bridgehead atoms. The van der Waals surface area contributed by atoms with Crippen LogP contribution in [0.2, 0.25) is 0 Å².